The molecule has 1 atom stereocenters. The highest BCUT2D eigenvalue weighted by Gasteiger charge is 2.21. The minimum absolute atomic E-state index is 0.307. The van der Waals surface area contributed by atoms with Crippen molar-refractivity contribution in [2.75, 3.05) is 5.73 Å². The van der Waals surface area contributed by atoms with Crippen LogP contribution in [-0.4, -0.2) is 9.78 Å². The lowest BCUT2D eigenvalue weighted by Crippen LogP contribution is -2.23. The van der Waals surface area contributed by atoms with Crippen molar-refractivity contribution in [2.24, 2.45) is 11.3 Å². The molecule has 0 saturated heterocycles. The summed E-state index contributed by atoms with van der Waals surface area (Å²) in [5, 5.41) is 4.45. The number of hydrogen-bond acceptors (Lipinski definition) is 2. The molecule has 0 spiro atoms. The van der Waals surface area contributed by atoms with Gasteiger partial charge in [0.25, 0.3) is 0 Å². The van der Waals surface area contributed by atoms with Gasteiger partial charge >= 0.3 is 0 Å². The zero-order valence-electron chi connectivity index (χ0n) is 10.8. The molecule has 0 fully saturated rings. The van der Waals surface area contributed by atoms with E-state index >= 15 is 0 Å². The summed E-state index contributed by atoms with van der Waals surface area (Å²) in [6.07, 6.45) is 0. The zero-order chi connectivity index (χ0) is 11.8. The predicted molar refractivity (Wildman–Crippen MR) is 64.7 cm³/mol. The fourth-order valence-electron chi connectivity index (χ4n) is 1.42. The van der Waals surface area contributed by atoms with E-state index in [2.05, 4.69) is 32.8 Å². The Balaban J connectivity index is 2.86. The predicted octanol–water partition coefficient (Wildman–Crippen LogP) is 2.76. The van der Waals surface area contributed by atoms with Crippen LogP contribution in [0.25, 0.3) is 0 Å². The van der Waals surface area contributed by atoms with Gasteiger partial charge in [0.15, 0.2) is 0 Å². The van der Waals surface area contributed by atoms with Gasteiger partial charge in [-0.1, -0.05) is 27.7 Å². The molecule has 2 N–H and O–H groups in total. The first-order chi connectivity index (χ1) is 6.73. The quantitative estimate of drug-likeness (QED) is 0.814. The van der Waals surface area contributed by atoms with Crippen LogP contribution in [0.1, 0.15) is 39.1 Å². The molecule has 1 aromatic rings. The summed E-state index contributed by atoms with van der Waals surface area (Å²) in [7, 11) is 0. The van der Waals surface area contributed by atoms with E-state index in [-0.39, 0.29) is 0 Å². The molecule has 0 aromatic carbocycles. The van der Waals surface area contributed by atoms with E-state index in [0.717, 1.165) is 23.6 Å². The molecule has 1 rings (SSSR count). The van der Waals surface area contributed by atoms with Crippen LogP contribution in [0.5, 0.6) is 0 Å². The summed E-state index contributed by atoms with van der Waals surface area (Å²) < 4.78 is 2.03. The molecule has 0 aliphatic heterocycles. The van der Waals surface area contributed by atoms with E-state index in [0.29, 0.717) is 11.3 Å². The van der Waals surface area contributed by atoms with Crippen LogP contribution in [0.4, 0.5) is 5.69 Å². The van der Waals surface area contributed by atoms with Crippen LogP contribution in [-0.2, 0) is 6.54 Å². The van der Waals surface area contributed by atoms with Crippen molar-refractivity contribution >= 4 is 5.69 Å². The molecule has 0 aliphatic rings. The molecule has 0 aliphatic carbocycles. The van der Waals surface area contributed by atoms with Gasteiger partial charge in [0.1, 0.15) is 0 Å². The Kier molecular flexibility index (Phi) is 3.12. The second kappa shape index (κ2) is 3.87. The SMILES string of the molecule is Cc1nn(CC(C)C(C)(C)C)c(C)c1N. The maximum atomic E-state index is 5.90. The highest BCUT2D eigenvalue weighted by molar-refractivity contribution is 5.46. The van der Waals surface area contributed by atoms with Crippen molar-refractivity contribution in [3.05, 3.63) is 11.4 Å². The number of nitrogens with two attached hydrogens (primary N) is 1. The van der Waals surface area contributed by atoms with Crippen LogP contribution in [0, 0.1) is 25.2 Å². The molecule has 0 bridgehead atoms. The molecule has 15 heavy (non-hydrogen) atoms. The largest absolute Gasteiger partial charge is 0.396 e. The molecule has 0 amide bonds. The molecule has 0 saturated carbocycles. The third-order valence-electron chi connectivity index (χ3n) is 3.36. The number of nitrogens with zero attached hydrogens (tertiary/aromatic N) is 2. The molecule has 1 unspecified atom stereocenters. The minimum atomic E-state index is 0.307. The maximum Gasteiger partial charge on any atom is 0.0825 e. The maximum absolute atomic E-state index is 5.90. The van der Waals surface area contributed by atoms with Gasteiger partial charge in [-0.05, 0) is 25.2 Å². The molecule has 1 aromatic heterocycles. The number of aryl methyl sites for hydroxylation is 1. The summed E-state index contributed by atoms with van der Waals surface area (Å²) in [4.78, 5) is 0. The lowest BCUT2D eigenvalue weighted by molar-refractivity contribution is 0.224. The number of aromatic nitrogens is 2. The smallest absolute Gasteiger partial charge is 0.0825 e. The average molecular weight is 209 g/mol. The van der Waals surface area contributed by atoms with Crippen LogP contribution in [0.3, 0.4) is 0 Å². The summed E-state index contributed by atoms with van der Waals surface area (Å²) in [6, 6.07) is 0. The average Bonchev–Trinajstić information content (AvgIpc) is 2.32. The number of nitrogen functional groups attached to an aromatic ring is 1. The highest BCUT2D eigenvalue weighted by atomic mass is 15.3. The van der Waals surface area contributed by atoms with Crippen LogP contribution in [0.2, 0.25) is 0 Å². The summed E-state index contributed by atoms with van der Waals surface area (Å²) >= 11 is 0. The molecule has 3 nitrogen and oxygen atoms in total. The first kappa shape index (κ1) is 12.1. The van der Waals surface area contributed by atoms with Crippen molar-refractivity contribution in [1.29, 1.82) is 0 Å². The van der Waals surface area contributed by atoms with Gasteiger partial charge in [-0.2, -0.15) is 5.10 Å². The van der Waals surface area contributed by atoms with Gasteiger partial charge in [-0.25, -0.2) is 0 Å². The lowest BCUT2D eigenvalue weighted by Gasteiger charge is -2.27. The van der Waals surface area contributed by atoms with Crippen LogP contribution in [0.15, 0.2) is 0 Å². The Hall–Kier alpha value is -0.990. The second-order valence-electron chi connectivity index (χ2n) is 5.53. The Morgan fingerprint density at radius 1 is 1.33 bits per heavy atom. The first-order valence-electron chi connectivity index (χ1n) is 5.53. The van der Waals surface area contributed by atoms with Crippen molar-refractivity contribution in [3.8, 4) is 0 Å². The van der Waals surface area contributed by atoms with Crippen LogP contribution >= 0.6 is 0 Å². The number of hydrogen-bond donors (Lipinski definition) is 1. The van der Waals surface area contributed by atoms with Crippen molar-refractivity contribution < 1.29 is 0 Å². The van der Waals surface area contributed by atoms with E-state index in [1.165, 1.54) is 0 Å². The van der Waals surface area contributed by atoms with E-state index < -0.39 is 0 Å². The van der Waals surface area contributed by atoms with Gasteiger partial charge in [-0.15, -0.1) is 0 Å². The topological polar surface area (TPSA) is 43.8 Å². The lowest BCUT2D eigenvalue weighted by atomic mass is 9.82. The van der Waals surface area contributed by atoms with E-state index in [4.69, 9.17) is 5.73 Å². The Labute approximate surface area is 92.7 Å². The highest BCUT2D eigenvalue weighted by Crippen LogP contribution is 2.27. The van der Waals surface area contributed by atoms with E-state index in [1.54, 1.807) is 0 Å². The van der Waals surface area contributed by atoms with Gasteiger partial charge in [-0.3, -0.25) is 4.68 Å². The third kappa shape index (κ3) is 2.52. The summed E-state index contributed by atoms with van der Waals surface area (Å²) in [5.74, 6) is 0.579. The second-order valence-corrected chi connectivity index (χ2v) is 5.53. The minimum Gasteiger partial charge on any atom is -0.396 e. The molecule has 1 heterocycles. The third-order valence-corrected chi connectivity index (χ3v) is 3.36. The molecular formula is C12H23N3. The fourth-order valence-corrected chi connectivity index (χ4v) is 1.42. The number of rotatable bonds is 2. The van der Waals surface area contributed by atoms with E-state index in [9.17, 15) is 0 Å². The Morgan fingerprint density at radius 3 is 2.20 bits per heavy atom. The first-order valence-corrected chi connectivity index (χ1v) is 5.53. The van der Waals surface area contributed by atoms with Crippen molar-refractivity contribution in [1.82, 2.24) is 9.78 Å². The molecule has 3 heteroatoms. The van der Waals surface area contributed by atoms with Gasteiger partial charge in [0.2, 0.25) is 0 Å². The normalized spacial score (nSPS) is 14.3. The fraction of sp³-hybridized carbons (Fsp3) is 0.750. The number of anilines is 1. The summed E-state index contributed by atoms with van der Waals surface area (Å²) in [5.41, 5.74) is 9.07. The van der Waals surface area contributed by atoms with Crippen molar-refractivity contribution in [3.63, 3.8) is 0 Å². The zero-order valence-corrected chi connectivity index (χ0v) is 10.8. The Morgan fingerprint density at radius 2 is 1.87 bits per heavy atom. The van der Waals surface area contributed by atoms with Gasteiger partial charge in [0.05, 0.1) is 17.1 Å². The molecule has 0 radical (unpaired) electrons. The van der Waals surface area contributed by atoms with Gasteiger partial charge < -0.3 is 5.73 Å². The van der Waals surface area contributed by atoms with Crippen LogP contribution < -0.4 is 5.73 Å². The summed E-state index contributed by atoms with van der Waals surface area (Å²) in [6.45, 7) is 14.0. The van der Waals surface area contributed by atoms with Gasteiger partial charge in [0, 0.05) is 6.54 Å². The molecular weight excluding hydrogens is 186 g/mol. The Bertz CT molecular complexity index is 344. The van der Waals surface area contributed by atoms with E-state index in [1.807, 2.05) is 18.5 Å². The van der Waals surface area contributed by atoms with Crippen molar-refractivity contribution in [2.45, 2.75) is 48.1 Å². The monoisotopic (exact) mass is 209 g/mol. The standard InChI is InChI=1S/C12H23N3/c1-8(12(4,5)6)7-15-10(3)11(13)9(2)14-15/h8H,7,13H2,1-6H3. The molecule has 86 valence electrons.